The number of benzene rings is 1. The van der Waals surface area contributed by atoms with E-state index in [1.807, 2.05) is 0 Å². The Morgan fingerprint density at radius 1 is 1.40 bits per heavy atom. The molecule has 1 amide bonds. The number of carbonyl (C=O) groups excluding carboxylic acids is 1. The van der Waals surface area contributed by atoms with E-state index < -0.39 is 23.4 Å². The van der Waals surface area contributed by atoms with E-state index >= 15 is 0 Å². The van der Waals surface area contributed by atoms with Gasteiger partial charge in [-0.3, -0.25) is 0 Å². The molecular weight excluding hydrogens is 336 g/mol. The monoisotopic (exact) mass is 357 g/mol. The molecule has 0 aliphatic carbocycles. The molecule has 0 aromatic heterocycles. The number of ether oxygens (including phenoxy) is 3. The van der Waals surface area contributed by atoms with Gasteiger partial charge in [-0.15, -0.1) is 8.78 Å². The number of aliphatic hydroxyl groups is 1. The second-order valence-corrected chi connectivity index (χ2v) is 6.76. The minimum Gasteiger partial charge on any atom is -0.450 e. The van der Waals surface area contributed by atoms with Gasteiger partial charge in [0, 0.05) is 12.0 Å². The molecule has 1 aliphatic heterocycles. The number of carbonyl (C=O) groups is 1. The van der Waals surface area contributed by atoms with Crippen molar-refractivity contribution in [3.05, 3.63) is 29.8 Å². The first-order valence-corrected chi connectivity index (χ1v) is 7.61. The Balaban J connectivity index is 2.60. The lowest BCUT2D eigenvalue weighted by Gasteiger charge is -2.41. The van der Waals surface area contributed by atoms with Crippen molar-refractivity contribution >= 4 is 12.2 Å². The zero-order chi connectivity index (χ0) is 19.0. The molecule has 0 radical (unpaired) electrons. The second-order valence-electron chi connectivity index (χ2n) is 6.76. The van der Waals surface area contributed by atoms with Crippen LogP contribution in [0.25, 0.3) is 6.08 Å². The molecule has 0 saturated carbocycles. The molecule has 1 unspecified atom stereocenters. The number of hydrogen-bond acceptors (Lipinski definition) is 5. The minimum atomic E-state index is -3.83. The second kappa shape index (κ2) is 6.18. The van der Waals surface area contributed by atoms with Crippen molar-refractivity contribution in [2.75, 3.05) is 6.61 Å². The van der Waals surface area contributed by atoms with Crippen molar-refractivity contribution in [3.8, 4) is 11.5 Å². The lowest BCUT2D eigenvalue weighted by Crippen LogP contribution is -2.42. The maximum absolute atomic E-state index is 13.6. The van der Waals surface area contributed by atoms with Gasteiger partial charge in [0.05, 0.1) is 6.61 Å². The summed E-state index contributed by atoms with van der Waals surface area (Å²) in [6, 6.07) is 2.82. The highest BCUT2D eigenvalue weighted by Crippen LogP contribution is 2.53. The molecule has 0 spiro atoms. The molecule has 1 heterocycles. The number of fused-ring (bicyclic) bond motifs is 1. The fourth-order valence-corrected chi connectivity index (χ4v) is 2.80. The Kier molecular flexibility index (Phi) is 4.69. The average molecular weight is 357 g/mol. The van der Waals surface area contributed by atoms with Gasteiger partial charge >= 0.3 is 12.4 Å². The maximum Gasteiger partial charge on any atom is 0.586 e. The van der Waals surface area contributed by atoms with Gasteiger partial charge in [-0.1, -0.05) is 39.5 Å². The molecule has 2 rings (SSSR count). The summed E-state index contributed by atoms with van der Waals surface area (Å²) in [5, 5.41) is 11.4. The SMILES string of the molecule is C=Cc1ccc2c(c1C(O)(CCOC(N)=O)C(C)(C)C)OC(F)(F)O2. The largest absolute Gasteiger partial charge is 0.586 e. The predicted octanol–water partition coefficient (Wildman–Crippen LogP) is 3.37. The van der Waals surface area contributed by atoms with Crippen LogP contribution in [-0.2, 0) is 10.3 Å². The molecule has 0 saturated heterocycles. The third kappa shape index (κ3) is 3.53. The summed E-state index contributed by atoms with van der Waals surface area (Å²) in [6.45, 7) is 8.61. The normalized spacial score (nSPS) is 17.7. The first-order chi connectivity index (χ1) is 11.4. The average Bonchev–Trinajstić information content (AvgIpc) is 2.77. The summed E-state index contributed by atoms with van der Waals surface area (Å²) >= 11 is 0. The highest BCUT2D eigenvalue weighted by molar-refractivity contribution is 5.65. The third-order valence-electron chi connectivity index (χ3n) is 4.19. The Morgan fingerprint density at radius 3 is 2.56 bits per heavy atom. The van der Waals surface area contributed by atoms with Crippen LogP contribution in [0, 0.1) is 5.41 Å². The molecule has 6 nitrogen and oxygen atoms in total. The van der Waals surface area contributed by atoms with E-state index in [-0.39, 0.29) is 30.1 Å². The highest BCUT2D eigenvalue weighted by Gasteiger charge is 2.51. The Hall–Kier alpha value is -2.35. The smallest absolute Gasteiger partial charge is 0.450 e. The zero-order valence-electron chi connectivity index (χ0n) is 14.3. The first kappa shape index (κ1) is 19.0. The lowest BCUT2D eigenvalue weighted by atomic mass is 9.69. The van der Waals surface area contributed by atoms with Gasteiger partial charge in [0.2, 0.25) is 0 Å². The van der Waals surface area contributed by atoms with E-state index in [4.69, 9.17) is 10.5 Å². The molecule has 1 atom stereocenters. The Bertz CT molecular complexity index is 699. The molecule has 3 N–H and O–H groups in total. The first-order valence-electron chi connectivity index (χ1n) is 7.61. The minimum absolute atomic E-state index is 0.0916. The quantitative estimate of drug-likeness (QED) is 0.843. The van der Waals surface area contributed by atoms with Crippen LogP contribution < -0.4 is 15.2 Å². The predicted molar refractivity (Wildman–Crippen MR) is 86.2 cm³/mol. The van der Waals surface area contributed by atoms with Crippen molar-refractivity contribution in [1.29, 1.82) is 0 Å². The van der Waals surface area contributed by atoms with Gasteiger partial charge in [0.25, 0.3) is 0 Å². The highest BCUT2D eigenvalue weighted by atomic mass is 19.3. The van der Waals surface area contributed by atoms with Crippen LogP contribution >= 0.6 is 0 Å². The van der Waals surface area contributed by atoms with Crippen molar-refractivity contribution in [1.82, 2.24) is 0 Å². The number of nitrogens with two attached hydrogens (primary N) is 1. The number of amides is 1. The molecule has 1 aromatic rings. The van der Waals surface area contributed by atoms with Crippen molar-refractivity contribution in [2.45, 2.75) is 39.1 Å². The molecule has 1 aliphatic rings. The van der Waals surface area contributed by atoms with Crippen LogP contribution in [0.2, 0.25) is 0 Å². The van der Waals surface area contributed by atoms with Gasteiger partial charge in [-0.05, 0) is 17.0 Å². The number of halogens is 2. The fourth-order valence-electron chi connectivity index (χ4n) is 2.80. The summed E-state index contributed by atoms with van der Waals surface area (Å²) in [4.78, 5) is 10.8. The molecule has 0 bridgehead atoms. The van der Waals surface area contributed by atoms with Gasteiger partial charge in [0.1, 0.15) is 5.60 Å². The zero-order valence-corrected chi connectivity index (χ0v) is 14.3. The standard InChI is InChI=1S/C17H21F2NO5/c1-5-10-6-7-11-13(25-17(18,19)24-11)12(10)16(22,15(2,3)4)8-9-23-14(20)21/h5-7,22H,1,8-9H2,2-4H3,(H2,20,21). The van der Waals surface area contributed by atoms with E-state index in [0.29, 0.717) is 5.56 Å². The molecule has 25 heavy (non-hydrogen) atoms. The maximum atomic E-state index is 13.6. The van der Waals surface area contributed by atoms with Crippen LogP contribution in [0.4, 0.5) is 13.6 Å². The van der Waals surface area contributed by atoms with E-state index in [9.17, 15) is 18.7 Å². The fraction of sp³-hybridized carbons (Fsp3) is 0.471. The van der Waals surface area contributed by atoms with Crippen molar-refractivity contribution in [2.24, 2.45) is 11.1 Å². The molecule has 8 heteroatoms. The lowest BCUT2D eigenvalue weighted by molar-refractivity contribution is -0.287. The summed E-state index contributed by atoms with van der Waals surface area (Å²) in [5.41, 5.74) is 2.92. The molecular formula is C17H21F2NO5. The van der Waals surface area contributed by atoms with Crippen LogP contribution in [0.15, 0.2) is 18.7 Å². The summed E-state index contributed by atoms with van der Waals surface area (Å²) in [7, 11) is 0. The van der Waals surface area contributed by atoms with E-state index in [0.717, 1.165) is 0 Å². The molecule has 138 valence electrons. The van der Waals surface area contributed by atoms with Gasteiger partial charge < -0.3 is 25.1 Å². The molecule has 0 fully saturated rings. The Morgan fingerprint density at radius 2 is 2.04 bits per heavy atom. The Labute approximate surface area is 144 Å². The third-order valence-corrected chi connectivity index (χ3v) is 4.19. The van der Waals surface area contributed by atoms with Crippen LogP contribution in [-0.4, -0.2) is 24.1 Å². The molecule has 1 aromatic carbocycles. The summed E-state index contributed by atoms with van der Waals surface area (Å²) in [5.74, 6) is -0.456. The van der Waals surface area contributed by atoms with E-state index in [1.54, 1.807) is 20.8 Å². The number of primary amides is 1. The van der Waals surface area contributed by atoms with Crippen molar-refractivity contribution < 1.29 is 32.9 Å². The van der Waals surface area contributed by atoms with Crippen molar-refractivity contribution in [3.63, 3.8) is 0 Å². The van der Waals surface area contributed by atoms with E-state index in [2.05, 4.69) is 16.1 Å². The topological polar surface area (TPSA) is 91.0 Å². The van der Waals surface area contributed by atoms with Gasteiger partial charge in [-0.2, -0.15) is 0 Å². The summed E-state index contributed by atoms with van der Waals surface area (Å²) < 4.78 is 41.0. The van der Waals surface area contributed by atoms with Crippen LogP contribution in [0.3, 0.4) is 0 Å². The summed E-state index contributed by atoms with van der Waals surface area (Å²) in [6.07, 6.45) is -3.50. The van der Waals surface area contributed by atoms with Crippen LogP contribution in [0.5, 0.6) is 11.5 Å². The van der Waals surface area contributed by atoms with Gasteiger partial charge in [0.15, 0.2) is 11.5 Å². The van der Waals surface area contributed by atoms with Gasteiger partial charge in [-0.25, -0.2) is 4.79 Å². The van der Waals surface area contributed by atoms with E-state index in [1.165, 1.54) is 18.2 Å². The number of alkyl halides is 2. The number of rotatable bonds is 5. The number of hydrogen-bond donors (Lipinski definition) is 2. The van der Waals surface area contributed by atoms with Crippen LogP contribution in [0.1, 0.15) is 38.3 Å².